The van der Waals surface area contributed by atoms with E-state index < -0.39 is 0 Å². The van der Waals surface area contributed by atoms with Gasteiger partial charge in [-0.2, -0.15) is 0 Å². The van der Waals surface area contributed by atoms with Crippen LogP contribution in [0.5, 0.6) is 5.75 Å². The van der Waals surface area contributed by atoms with Crippen molar-refractivity contribution in [2.45, 2.75) is 71.4 Å². The standard InChI is InChI=1S/C24H38N6O/c1-5-6-19-7-11-21(12-8-19)27-24(26-17-23-29-28-18(2)30(23)3)25-16-15-20-9-13-22(31-4)14-10-20/h9-10,13-14,19,21H,5-8,11-12,15-17H2,1-4H3,(H2,25,26,27). The molecule has 0 spiro atoms. The number of guanidine groups is 1. The molecule has 1 aliphatic carbocycles. The maximum absolute atomic E-state index is 5.25. The molecule has 1 fully saturated rings. The number of ether oxygens (including phenoxy) is 1. The molecule has 31 heavy (non-hydrogen) atoms. The van der Waals surface area contributed by atoms with Gasteiger partial charge in [-0.1, -0.05) is 31.9 Å². The van der Waals surface area contributed by atoms with E-state index in [2.05, 4.69) is 39.9 Å². The van der Waals surface area contributed by atoms with Crippen molar-refractivity contribution in [3.05, 3.63) is 41.5 Å². The molecular formula is C24H38N6O. The second-order valence-electron chi connectivity index (χ2n) is 8.56. The van der Waals surface area contributed by atoms with Gasteiger partial charge in [0.15, 0.2) is 11.8 Å². The Morgan fingerprint density at radius 3 is 2.52 bits per heavy atom. The fourth-order valence-corrected chi connectivity index (χ4v) is 4.21. The summed E-state index contributed by atoms with van der Waals surface area (Å²) in [6.45, 7) is 5.58. The van der Waals surface area contributed by atoms with Crippen molar-refractivity contribution in [3.8, 4) is 5.75 Å². The summed E-state index contributed by atoms with van der Waals surface area (Å²) in [5.41, 5.74) is 1.27. The highest BCUT2D eigenvalue weighted by molar-refractivity contribution is 5.80. The Bertz CT molecular complexity index is 821. The Kier molecular flexibility index (Phi) is 8.74. The third-order valence-corrected chi connectivity index (χ3v) is 6.31. The zero-order chi connectivity index (χ0) is 22.1. The minimum absolute atomic E-state index is 0.488. The van der Waals surface area contributed by atoms with Gasteiger partial charge in [0.2, 0.25) is 0 Å². The molecule has 0 atom stereocenters. The lowest BCUT2D eigenvalue weighted by Gasteiger charge is -2.30. The summed E-state index contributed by atoms with van der Waals surface area (Å²) in [6.07, 6.45) is 8.63. The van der Waals surface area contributed by atoms with E-state index in [0.29, 0.717) is 12.6 Å². The highest BCUT2D eigenvalue weighted by Gasteiger charge is 2.21. The van der Waals surface area contributed by atoms with E-state index in [4.69, 9.17) is 9.73 Å². The first-order chi connectivity index (χ1) is 15.1. The number of nitrogens with one attached hydrogen (secondary N) is 2. The molecule has 0 unspecified atom stereocenters. The molecule has 0 bridgehead atoms. The third kappa shape index (κ3) is 6.97. The van der Waals surface area contributed by atoms with Crippen LogP contribution in [0.4, 0.5) is 0 Å². The molecule has 1 aliphatic rings. The maximum Gasteiger partial charge on any atom is 0.191 e. The van der Waals surface area contributed by atoms with Gasteiger partial charge < -0.3 is 19.9 Å². The molecule has 2 N–H and O–H groups in total. The second-order valence-corrected chi connectivity index (χ2v) is 8.56. The van der Waals surface area contributed by atoms with E-state index in [9.17, 15) is 0 Å². The number of rotatable bonds is 9. The van der Waals surface area contributed by atoms with E-state index in [0.717, 1.165) is 42.2 Å². The van der Waals surface area contributed by atoms with Crippen molar-refractivity contribution >= 4 is 5.96 Å². The van der Waals surface area contributed by atoms with Gasteiger partial charge in [-0.25, -0.2) is 4.99 Å². The summed E-state index contributed by atoms with van der Waals surface area (Å²) < 4.78 is 7.24. The van der Waals surface area contributed by atoms with Crippen LogP contribution in [0.25, 0.3) is 0 Å². The topological polar surface area (TPSA) is 76.4 Å². The Morgan fingerprint density at radius 1 is 1.16 bits per heavy atom. The predicted molar refractivity (Wildman–Crippen MR) is 125 cm³/mol. The van der Waals surface area contributed by atoms with E-state index in [1.54, 1.807) is 7.11 Å². The number of hydrogen-bond acceptors (Lipinski definition) is 4. The molecule has 7 nitrogen and oxygen atoms in total. The smallest absolute Gasteiger partial charge is 0.191 e. The average Bonchev–Trinajstić information content (AvgIpc) is 3.11. The molecule has 7 heteroatoms. The summed E-state index contributed by atoms with van der Waals surface area (Å²) in [5.74, 6) is 4.43. The molecular weight excluding hydrogens is 388 g/mol. The Labute approximate surface area is 186 Å². The second kappa shape index (κ2) is 11.7. The quantitative estimate of drug-likeness (QED) is 0.472. The van der Waals surface area contributed by atoms with Crippen LogP contribution < -0.4 is 15.4 Å². The first-order valence-electron chi connectivity index (χ1n) is 11.6. The van der Waals surface area contributed by atoms with Gasteiger partial charge in [0.25, 0.3) is 0 Å². The van der Waals surface area contributed by atoms with Gasteiger partial charge in [0.1, 0.15) is 18.1 Å². The molecule has 1 heterocycles. The van der Waals surface area contributed by atoms with E-state index in [1.165, 1.54) is 44.1 Å². The Hall–Kier alpha value is -2.57. The maximum atomic E-state index is 5.25. The van der Waals surface area contributed by atoms with Gasteiger partial charge in [-0.05, 0) is 62.6 Å². The third-order valence-electron chi connectivity index (χ3n) is 6.31. The monoisotopic (exact) mass is 426 g/mol. The van der Waals surface area contributed by atoms with Crippen LogP contribution in [0.2, 0.25) is 0 Å². The van der Waals surface area contributed by atoms with E-state index in [-0.39, 0.29) is 0 Å². The highest BCUT2D eigenvalue weighted by atomic mass is 16.5. The molecule has 0 amide bonds. The molecule has 1 saturated carbocycles. The largest absolute Gasteiger partial charge is 0.497 e. The number of aliphatic imine (C=N–C) groups is 1. The first-order valence-corrected chi connectivity index (χ1v) is 11.6. The SMILES string of the molecule is CCCC1CCC(NC(=NCc2nnc(C)n2C)NCCc2ccc(OC)cc2)CC1. The highest BCUT2D eigenvalue weighted by Crippen LogP contribution is 2.27. The summed E-state index contributed by atoms with van der Waals surface area (Å²) in [7, 11) is 3.68. The number of methoxy groups -OCH3 is 1. The number of aryl methyl sites for hydroxylation is 1. The van der Waals surface area contributed by atoms with E-state index >= 15 is 0 Å². The van der Waals surface area contributed by atoms with Crippen LogP contribution in [0.3, 0.4) is 0 Å². The van der Waals surface area contributed by atoms with Gasteiger partial charge in [0, 0.05) is 19.6 Å². The zero-order valence-electron chi connectivity index (χ0n) is 19.5. The molecule has 1 aromatic carbocycles. The van der Waals surface area contributed by atoms with Gasteiger partial charge in [-0.15, -0.1) is 10.2 Å². The molecule has 0 saturated heterocycles. The number of benzene rings is 1. The minimum Gasteiger partial charge on any atom is -0.497 e. The van der Waals surface area contributed by atoms with Crippen LogP contribution in [0, 0.1) is 12.8 Å². The van der Waals surface area contributed by atoms with Crippen molar-refractivity contribution in [1.29, 1.82) is 0 Å². The average molecular weight is 427 g/mol. The normalized spacial score (nSPS) is 19.3. The van der Waals surface area contributed by atoms with Crippen LogP contribution in [0.15, 0.2) is 29.3 Å². The molecule has 0 aliphatic heterocycles. The fourth-order valence-electron chi connectivity index (χ4n) is 4.21. The van der Waals surface area contributed by atoms with E-state index in [1.807, 2.05) is 30.7 Å². The Balaban J connectivity index is 1.58. The molecule has 1 aromatic heterocycles. The number of nitrogens with zero attached hydrogens (tertiary/aromatic N) is 4. The summed E-state index contributed by atoms with van der Waals surface area (Å²) in [4.78, 5) is 4.83. The molecule has 0 radical (unpaired) electrons. The van der Waals surface area contributed by atoms with Crippen molar-refractivity contribution in [2.24, 2.45) is 18.0 Å². The minimum atomic E-state index is 0.488. The van der Waals surface area contributed by atoms with Crippen molar-refractivity contribution in [2.75, 3.05) is 13.7 Å². The lowest BCUT2D eigenvalue weighted by atomic mass is 9.83. The fraction of sp³-hybridized carbons (Fsp3) is 0.625. The summed E-state index contributed by atoms with van der Waals surface area (Å²) in [6, 6.07) is 8.73. The van der Waals surface area contributed by atoms with Crippen molar-refractivity contribution < 1.29 is 4.74 Å². The number of aromatic nitrogens is 3. The predicted octanol–water partition coefficient (Wildman–Crippen LogP) is 3.77. The van der Waals surface area contributed by atoms with Crippen LogP contribution in [-0.4, -0.2) is 40.4 Å². The number of hydrogen-bond donors (Lipinski definition) is 2. The van der Waals surface area contributed by atoms with Crippen LogP contribution in [0.1, 0.15) is 62.7 Å². The van der Waals surface area contributed by atoms with Crippen LogP contribution >= 0.6 is 0 Å². The Morgan fingerprint density at radius 2 is 1.90 bits per heavy atom. The summed E-state index contributed by atoms with van der Waals surface area (Å²) in [5, 5.41) is 15.6. The van der Waals surface area contributed by atoms with Gasteiger partial charge >= 0.3 is 0 Å². The lowest BCUT2D eigenvalue weighted by molar-refractivity contribution is 0.295. The van der Waals surface area contributed by atoms with Crippen LogP contribution in [-0.2, 0) is 20.0 Å². The summed E-state index contributed by atoms with van der Waals surface area (Å²) >= 11 is 0. The van der Waals surface area contributed by atoms with Gasteiger partial charge in [0.05, 0.1) is 7.11 Å². The van der Waals surface area contributed by atoms with Crippen molar-refractivity contribution in [3.63, 3.8) is 0 Å². The van der Waals surface area contributed by atoms with Gasteiger partial charge in [-0.3, -0.25) is 0 Å². The molecule has 170 valence electrons. The van der Waals surface area contributed by atoms with Crippen molar-refractivity contribution in [1.82, 2.24) is 25.4 Å². The molecule has 2 aromatic rings. The zero-order valence-corrected chi connectivity index (χ0v) is 19.5. The first kappa shape index (κ1) is 23.1. The molecule has 3 rings (SSSR count). The lowest BCUT2D eigenvalue weighted by Crippen LogP contribution is -2.45.